The summed E-state index contributed by atoms with van der Waals surface area (Å²) in [5.41, 5.74) is 9.20. The molecule has 0 saturated carbocycles. The van der Waals surface area contributed by atoms with E-state index < -0.39 is 6.15 Å². The highest BCUT2D eigenvalue weighted by Gasteiger charge is 2.33. The first-order valence-electron chi connectivity index (χ1n) is 11.3. The van der Waals surface area contributed by atoms with Crippen LogP contribution < -0.4 is 21.9 Å². The van der Waals surface area contributed by atoms with Crippen LogP contribution in [0.2, 0.25) is 0 Å². The summed E-state index contributed by atoms with van der Waals surface area (Å²) in [5, 5.41) is 0. The van der Waals surface area contributed by atoms with E-state index in [9.17, 15) is 0 Å². The molecule has 0 aliphatic rings. The largest absolute Gasteiger partial charge is 0.195 e. The Kier molecular flexibility index (Phi) is 5.48. The number of aryl methyl sites for hydroxylation is 1. The van der Waals surface area contributed by atoms with Gasteiger partial charge in [-0.05, 0) is 18.1 Å². The van der Waals surface area contributed by atoms with E-state index in [0.717, 1.165) is 0 Å². The first-order chi connectivity index (χ1) is 15.8. The van der Waals surface area contributed by atoms with Gasteiger partial charge in [0.2, 0.25) is 0 Å². The van der Waals surface area contributed by atoms with Gasteiger partial charge in [-0.25, -0.2) is 0 Å². The van der Waals surface area contributed by atoms with E-state index in [0.29, 0.717) is 0 Å². The Bertz CT molecular complexity index is 1210. The highest BCUT2D eigenvalue weighted by atomic mass is 14.2. The van der Waals surface area contributed by atoms with Crippen molar-refractivity contribution in [1.29, 1.82) is 0 Å². The average molecular weight is 409 g/mol. The fourth-order valence-corrected chi connectivity index (χ4v) is 5.34. The predicted molar refractivity (Wildman–Crippen MR) is 140 cm³/mol. The first-order valence-corrected chi connectivity index (χ1v) is 11.3. The van der Waals surface area contributed by atoms with Crippen molar-refractivity contribution in [2.24, 2.45) is 0 Å². The van der Waals surface area contributed by atoms with Crippen LogP contribution in [-0.2, 0) is 0 Å². The maximum atomic E-state index is 2.33. The molecule has 5 aromatic carbocycles. The second kappa shape index (κ2) is 8.73. The third-order valence-electron chi connectivity index (χ3n) is 6.76. The lowest BCUT2D eigenvalue weighted by Gasteiger charge is -2.45. The normalized spacial score (nSPS) is 11.3. The van der Waals surface area contributed by atoms with Gasteiger partial charge in [0.25, 0.3) is 0 Å². The SMILES string of the molecule is Cc1ccccc1-c1ccccc1[B-](c1ccccc1)(c1ccccc1)c1ccccc1. The monoisotopic (exact) mass is 409 g/mol. The average Bonchev–Trinajstić information content (AvgIpc) is 2.87. The van der Waals surface area contributed by atoms with E-state index in [2.05, 4.69) is 146 Å². The van der Waals surface area contributed by atoms with Crippen molar-refractivity contribution in [3.8, 4) is 11.1 Å². The molecule has 1 heteroatoms. The van der Waals surface area contributed by atoms with Crippen LogP contribution in [-0.4, -0.2) is 6.15 Å². The Morgan fingerprint density at radius 3 is 1.22 bits per heavy atom. The molecule has 5 rings (SSSR count). The summed E-state index contributed by atoms with van der Waals surface area (Å²) in [6, 6.07) is 50.7. The summed E-state index contributed by atoms with van der Waals surface area (Å²) in [6.45, 7) is 2.20. The van der Waals surface area contributed by atoms with Crippen LogP contribution in [0, 0.1) is 6.92 Å². The van der Waals surface area contributed by atoms with Crippen LogP contribution in [0.15, 0.2) is 140 Å². The molecule has 0 aromatic heterocycles. The van der Waals surface area contributed by atoms with Gasteiger partial charge < -0.3 is 0 Å². The Hall–Kier alpha value is -3.84. The lowest BCUT2D eigenvalue weighted by molar-refractivity contribution is 1.46. The van der Waals surface area contributed by atoms with E-state index in [1.165, 1.54) is 38.5 Å². The molecule has 0 unspecified atom stereocenters. The van der Waals surface area contributed by atoms with Crippen LogP contribution >= 0.6 is 0 Å². The molecule has 0 saturated heterocycles. The minimum absolute atomic E-state index is 1.29. The highest BCUT2D eigenvalue weighted by molar-refractivity contribution is 7.20. The fraction of sp³-hybridized carbons (Fsp3) is 0.0323. The van der Waals surface area contributed by atoms with E-state index in [1.807, 2.05) is 0 Å². The summed E-state index contributed by atoms with van der Waals surface area (Å²) >= 11 is 0. The topological polar surface area (TPSA) is 0 Å². The van der Waals surface area contributed by atoms with Crippen molar-refractivity contribution in [2.45, 2.75) is 6.92 Å². The van der Waals surface area contributed by atoms with Crippen LogP contribution in [0.1, 0.15) is 5.56 Å². The van der Waals surface area contributed by atoms with Crippen LogP contribution in [0.4, 0.5) is 0 Å². The van der Waals surface area contributed by atoms with Crippen LogP contribution in [0.25, 0.3) is 11.1 Å². The van der Waals surface area contributed by atoms with Gasteiger partial charge in [0.05, 0.1) is 0 Å². The minimum Gasteiger partial charge on any atom is -0.195 e. The Morgan fingerprint density at radius 2 is 0.750 bits per heavy atom. The highest BCUT2D eigenvalue weighted by Crippen LogP contribution is 2.24. The molecule has 0 amide bonds. The molecule has 0 fully saturated rings. The maximum absolute atomic E-state index is 2.33. The standard InChI is InChI=1S/C31H26B/c1-25-15-11-12-22-29(25)30-23-13-14-24-31(30)32(26-16-5-2-6-17-26,27-18-7-3-8-19-27)28-20-9-4-10-21-28/h2-24H,1H3/q-1. The van der Waals surface area contributed by atoms with Gasteiger partial charge in [-0.2, -0.15) is 21.9 Å². The molecule has 154 valence electrons. The summed E-state index contributed by atoms with van der Waals surface area (Å²) in [5.74, 6) is 0. The molecular weight excluding hydrogens is 383 g/mol. The molecule has 0 atom stereocenters. The molecule has 32 heavy (non-hydrogen) atoms. The Labute approximate surface area is 191 Å². The summed E-state index contributed by atoms with van der Waals surface area (Å²) in [4.78, 5) is 0. The quantitative estimate of drug-likeness (QED) is 0.357. The predicted octanol–water partition coefficient (Wildman–Crippen LogP) is 5.04. The molecular formula is C31H26B-. The van der Waals surface area contributed by atoms with Gasteiger partial charge in [-0.3, -0.25) is 0 Å². The number of benzene rings is 5. The van der Waals surface area contributed by atoms with Crippen molar-refractivity contribution < 1.29 is 0 Å². The van der Waals surface area contributed by atoms with E-state index in [-0.39, 0.29) is 0 Å². The van der Waals surface area contributed by atoms with Crippen molar-refractivity contribution in [1.82, 2.24) is 0 Å². The zero-order chi connectivity index (χ0) is 21.8. The molecule has 0 N–H and O–H groups in total. The van der Waals surface area contributed by atoms with E-state index in [1.54, 1.807) is 0 Å². The van der Waals surface area contributed by atoms with Gasteiger partial charge in [0, 0.05) is 0 Å². The first kappa shape index (κ1) is 20.1. The lowest BCUT2D eigenvalue weighted by atomic mass is 9.12. The van der Waals surface area contributed by atoms with Crippen molar-refractivity contribution in [2.75, 3.05) is 0 Å². The van der Waals surface area contributed by atoms with Gasteiger partial charge in [0.1, 0.15) is 6.15 Å². The number of hydrogen-bond acceptors (Lipinski definition) is 0. The van der Waals surface area contributed by atoms with Crippen molar-refractivity contribution in [3.63, 3.8) is 0 Å². The molecule has 0 aliphatic carbocycles. The van der Waals surface area contributed by atoms with Crippen molar-refractivity contribution in [3.05, 3.63) is 145 Å². The molecule has 5 aromatic rings. The van der Waals surface area contributed by atoms with Gasteiger partial charge >= 0.3 is 0 Å². The third kappa shape index (κ3) is 3.37. The smallest absolute Gasteiger partial charge is 0.108 e. The molecule has 0 spiro atoms. The summed E-state index contributed by atoms with van der Waals surface area (Å²) in [7, 11) is 0. The van der Waals surface area contributed by atoms with Gasteiger partial charge in [0.15, 0.2) is 0 Å². The second-order valence-corrected chi connectivity index (χ2v) is 8.50. The van der Waals surface area contributed by atoms with E-state index >= 15 is 0 Å². The summed E-state index contributed by atoms with van der Waals surface area (Å²) in [6.07, 6.45) is -1.39. The number of hydrogen-bond donors (Lipinski definition) is 0. The maximum Gasteiger partial charge on any atom is 0.108 e. The molecule has 0 bridgehead atoms. The molecule has 0 nitrogen and oxygen atoms in total. The zero-order valence-corrected chi connectivity index (χ0v) is 18.4. The molecule has 0 aliphatic heterocycles. The zero-order valence-electron chi connectivity index (χ0n) is 18.4. The fourth-order valence-electron chi connectivity index (χ4n) is 5.34. The third-order valence-corrected chi connectivity index (χ3v) is 6.76. The second-order valence-electron chi connectivity index (χ2n) is 8.50. The van der Waals surface area contributed by atoms with Crippen LogP contribution in [0.3, 0.4) is 0 Å². The number of rotatable bonds is 5. The van der Waals surface area contributed by atoms with Gasteiger partial charge in [-0.15, -0.1) is 0 Å². The van der Waals surface area contributed by atoms with E-state index in [4.69, 9.17) is 0 Å². The van der Waals surface area contributed by atoms with Crippen LogP contribution in [0.5, 0.6) is 0 Å². The molecule has 0 heterocycles. The Morgan fingerprint density at radius 1 is 0.375 bits per heavy atom. The van der Waals surface area contributed by atoms with Crippen molar-refractivity contribution >= 4 is 28.0 Å². The minimum atomic E-state index is -1.39. The summed E-state index contributed by atoms with van der Waals surface area (Å²) < 4.78 is 0. The Balaban J connectivity index is 1.95. The lowest BCUT2D eigenvalue weighted by Crippen LogP contribution is -2.75. The molecule has 0 radical (unpaired) electrons. The van der Waals surface area contributed by atoms with Gasteiger partial charge in [-0.1, -0.05) is 145 Å².